The molecule has 0 aliphatic rings. The molecule has 0 saturated heterocycles. The molecular weight excluding hydrogens is 1210 g/mol. The van der Waals surface area contributed by atoms with Crippen LogP contribution in [0, 0.1) is 0 Å². The number of unbranched alkanes of at least 4 members (excludes halogenated alkanes) is 3. The zero-order valence-corrected chi connectivity index (χ0v) is 60.0. The predicted molar refractivity (Wildman–Crippen MR) is 379 cm³/mol. The number of aliphatic hydroxyl groups excluding tert-OH is 1. The molecule has 0 unspecified atom stereocenters. The molecule has 0 aliphatic carbocycles. The fraction of sp³-hybridized carbons (Fsp3) is 0.526. The number of aromatic nitrogens is 3. The van der Waals surface area contributed by atoms with E-state index in [1.807, 2.05) is 0 Å². The second-order valence-corrected chi connectivity index (χ2v) is 29.4. The number of pyridine rings is 3. The normalized spacial score (nSPS) is 12.1. The molecule has 0 aliphatic heterocycles. The summed E-state index contributed by atoms with van der Waals surface area (Å²) in [5.41, 5.74) is 7.91. The molecule has 96 heavy (non-hydrogen) atoms. The summed E-state index contributed by atoms with van der Waals surface area (Å²) >= 11 is 0. The molecule has 0 radical (unpaired) electrons. The summed E-state index contributed by atoms with van der Waals surface area (Å²) in [7, 11) is 0. The highest BCUT2D eigenvalue weighted by Gasteiger charge is 2.38. The summed E-state index contributed by atoms with van der Waals surface area (Å²) in [6.45, 7) is 36.4. The Hall–Kier alpha value is -7.77. The van der Waals surface area contributed by atoms with Crippen molar-refractivity contribution in [2.45, 2.75) is 175 Å². The molecule has 0 fully saturated rings. The second-order valence-electron chi connectivity index (χ2n) is 29.4. The summed E-state index contributed by atoms with van der Waals surface area (Å²) in [5, 5.41) is 21.0. The number of hydrogen-bond acceptors (Lipinski definition) is 14. The van der Waals surface area contributed by atoms with Crippen LogP contribution in [-0.4, -0.2) is 136 Å². The highest BCUT2D eigenvalue weighted by molar-refractivity contribution is 5.93. The van der Waals surface area contributed by atoms with Crippen LogP contribution in [-0.2, 0) is 52.5 Å². The fourth-order valence-corrected chi connectivity index (χ4v) is 10.9. The maximum Gasteiger partial charge on any atom is 0.269 e. The third-order valence-electron chi connectivity index (χ3n) is 16.3. The van der Waals surface area contributed by atoms with Crippen molar-refractivity contribution in [1.29, 1.82) is 0 Å². The Kier molecular flexibility index (Phi) is 29.4. The van der Waals surface area contributed by atoms with E-state index in [1.165, 1.54) is 0 Å². The first-order valence-electron chi connectivity index (χ1n) is 34.1. The fourth-order valence-electron chi connectivity index (χ4n) is 10.9. The topological polar surface area (TPSA) is 231 Å². The minimum absolute atomic E-state index is 0.0733. The molecule has 18 heteroatoms. The van der Waals surface area contributed by atoms with E-state index in [1.54, 1.807) is 73.2 Å². The predicted octanol–water partition coefficient (Wildman–Crippen LogP) is 12.6. The number of carbonyl (C=O) groups excluding carboxylic acids is 4. The molecule has 6 rings (SSSR count). The van der Waals surface area contributed by atoms with Gasteiger partial charge in [0.05, 0.1) is 52.8 Å². The lowest BCUT2D eigenvalue weighted by molar-refractivity contribution is -0.122. The number of nitrogens with zero attached hydrogens (tertiary/aromatic N) is 3. The van der Waals surface area contributed by atoms with Gasteiger partial charge in [-0.15, -0.1) is 0 Å². The molecule has 522 valence electrons. The Morgan fingerprint density at radius 1 is 0.406 bits per heavy atom. The van der Waals surface area contributed by atoms with Gasteiger partial charge in [-0.05, 0) is 99.4 Å². The van der Waals surface area contributed by atoms with E-state index in [4.69, 9.17) is 33.5 Å². The number of aliphatic hydroxyl groups is 1. The van der Waals surface area contributed by atoms with Crippen molar-refractivity contribution in [3.8, 4) is 17.2 Å². The number of amides is 4. The zero-order valence-electron chi connectivity index (χ0n) is 60.0. The van der Waals surface area contributed by atoms with Gasteiger partial charge >= 0.3 is 0 Å². The average Bonchev–Trinajstić information content (AvgIpc) is 0.733. The Morgan fingerprint density at radius 3 is 1.21 bits per heavy atom. The van der Waals surface area contributed by atoms with Crippen LogP contribution in [0.5, 0.6) is 17.2 Å². The maximum atomic E-state index is 13.6. The maximum absolute atomic E-state index is 13.6. The largest absolute Gasteiger partial charge is 0.491 e. The van der Waals surface area contributed by atoms with Gasteiger partial charge in [0.25, 0.3) is 17.7 Å². The molecule has 0 atom stereocenters. The van der Waals surface area contributed by atoms with E-state index in [9.17, 15) is 19.2 Å². The molecule has 0 bridgehead atoms. The van der Waals surface area contributed by atoms with Gasteiger partial charge in [-0.25, -0.2) is 0 Å². The van der Waals surface area contributed by atoms with Gasteiger partial charge in [0, 0.05) is 83.9 Å². The Balaban J connectivity index is 1.57. The summed E-state index contributed by atoms with van der Waals surface area (Å²) in [6.07, 6.45) is 9.30. The van der Waals surface area contributed by atoms with E-state index in [0.29, 0.717) is 40.9 Å². The molecule has 3 heterocycles. The van der Waals surface area contributed by atoms with Crippen LogP contribution >= 0.6 is 0 Å². The molecule has 4 amide bonds. The highest BCUT2D eigenvalue weighted by Crippen LogP contribution is 2.53. The summed E-state index contributed by atoms with van der Waals surface area (Å²) in [4.78, 5) is 64.8. The number of hydrogen-bond donors (Lipinski definition) is 5. The van der Waals surface area contributed by atoms with E-state index < -0.39 is 22.2 Å². The molecule has 0 spiro atoms. The summed E-state index contributed by atoms with van der Waals surface area (Å²) in [5.74, 6) is 0.495. The van der Waals surface area contributed by atoms with Crippen molar-refractivity contribution in [2.75, 3.05) is 92.2 Å². The van der Waals surface area contributed by atoms with Crippen LogP contribution in [0.4, 0.5) is 0 Å². The average molecular weight is 1320 g/mol. The Morgan fingerprint density at radius 2 is 0.802 bits per heavy atom. The van der Waals surface area contributed by atoms with Crippen molar-refractivity contribution < 1.29 is 52.7 Å². The van der Waals surface area contributed by atoms with E-state index in [0.717, 1.165) is 82.2 Å². The van der Waals surface area contributed by atoms with E-state index in [2.05, 4.69) is 176 Å². The minimum Gasteiger partial charge on any atom is -0.491 e. The van der Waals surface area contributed by atoms with Crippen LogP contribution in [0.15, 0.2) is 110 Å². The first kappa shape index (κ1) is 77.2. The number of rotatable bonds is 36. The monoisotopic (exact) mass is 1320 g/mol. The third-order valence-corrected chi connectivity index (χ3v) is 16.3. The Labute approximate surface area is 571 Å². The quantitative estimate of drug-likeness (QED) is 0.0182. The molecule has 0 saturated carbocycles. The molecular formula is C78H109N7O11. The zero-order chi connectivity index (χ0) is 70.1. The van der Waals surface area contributed by atoms with Crippen molar-refractivity contribution in [3.63, 3.8) is 0 Å². The number of nitrogens with one attached hydrogen (secondary N) is 4. The lowest BCUT2D eigenvalue weighted by atomic mass is 9.71. The van der Waals surface area contributed by atoms with Crippen LogP contribution in [0.25, 0.3) is 0 Å². The minimum atomic E-state index is -0.649. The van der Waals surface area contributed by atoms with E-state index in [-0.39, 0.29) is 127 Å². The Bertz CT molecular complexity index is 3270. The second kappa shape index (κ2) is 36.5. The summed E-state index contributed by atoms with van der Waals surface area (Å²) < 4.78 is 39.8. The van der Waals surface area contributed by atoms with Crippen LogP contribution in [0.2, 0.25) is 0 Å². The smallest absolute Gasteiger partial charge is 0.269 e. The van der Waals surface area contributed by atoms with Gasteiger partial charge in [0.1, 0.15) is 54.2 Å². The van der Waals surface area contributed by atoms with E-state index >= 15 is 0 Å². The van der Waals surface area contributed by atoms with Gasteiger partial charge in [0.15, 0.2) is 0 Å². The van der Waals surface area contributed by atoms with Crippen LogP contribution in [0.1, 0.15) is 223 Å². The van der Waals surface area contributed by atoms with Gasteiger partial charge < -0.3 is 54.8 Å². The number of carbonyl (C=O) groups is 4. The van der Waals surface area contributed by atoms with Crippen LogP contribution in [0.3, 0.4) is 0 Å². The number of benzene rings is 3. The van der Waals surface area contributed by atoms with Crippen molar-refractivity contribution in [1.82, 2.24) is 36.2 Å². The van der Waals surface area contributed by atoms with Crippen LogP contribution < -0.4 is 35.5 Å². The SMILES string of the molecule is CC(C)(C)c1cc(C(c2cc(CCCCCCNC(=O)CCOCCO)cc(C(C)(C)C)c2OCCNC(=O)c2ccccn2)c2cc(C(C)(C)C)cc(C(C)(C)C)c2OCCOCCNC(=O)c2ccccn2)c(OCCOCCNC(=O)c2ccccn2)c(C(C)(C)C)c1. The van der Waals surface area contributed by atoms with Crippen molar-refractivity contribution >= 4 is 23.6 Å². The van der Waals surface area contributed by atoms with Crippen molar-refractivity contribution in [2.24, 2.45) is 0 Å². The highest BCUT2D eigenvalue weighted by atomic mass is 16.5. The molecule has 3 aromatic carbocycles. The van der Waals surface area contributed by atoms with Crippen molar-refractivity contribution in [3.05, 3.63) is 177 Å². The summed E-state index contributed by atoms with van der Waals surface area (Å²) in [6, 6.07) is 29.5. The van der Waals surface area contributed by atoms with Gasteiger partial charge in [-0.3, -0.25) is 34.1 Å². The molecule has 6 aromatic rings. The number of ether oxygens (including phenoxy) is 6. The number of aryl methyl sites for hydroxylation is 1. The molecule has 5 N–H and O–H groups in total. The standard InChI is InChI=1S/C78H109N7O11/c1-74(2,3)55-50-58(69(61(52-55)77(10,11)12)95-46-44-92-40-35-83-71(88)63-27-19-23-31-79-63)67(59-51-56(75(4,5)6)53-62(78(13,14)15)70(59)96-47-45-93-41-36-84-72(89)64-28-20-24-32-80-64)57-48-54(26-18-16-17-22-34-82-66(87)30-39-91-43-38-86)49-60(76(7,8)9)68(57)94-42-37-85-73(90)65-29-21-25-33-81-65/h19-21,23-25,27-29,31-33,48-53,67,86H,16-18,22,26,30,34-47H2,1-15H3,(H,82,87)(H,83,88)(H,84,89)(H,85,90). The van der Waals surface area contributed by atoms with Gasteiger partial charge in [-0.2, -0.15) is 0 Å². The molecule has 3 aromatic heterocycles. The lowest BCUT2D eigenvalue weighted by Gasteiger charge is -2.36. The lowest BCUT2D eigenvalue weighted by Crippen LogP contribution is -2.29. The first-order valence-corrected chi connectivity index (χ1v) is 34.1. The third kappa shape index (κ3) is 24.1. The van der Waals surface area contributed by atoms with Gasteiger partial charge in [0.2, 0.25) is 5.91 Å². The van der Waals surface area contributed by atoms with Gasteiger partial charge in [-0.1, -0.05) is 171 Å². The first-order chi connectivity index (χ1) is 45.5. The molecule has 18 nitrogen and oxygen atoms in total.